The zero-order valence-corrected chi connectivity index (χ0v) is 19.5. The lowest BCUT2D eigenvalue weighted by atomic mass is 10.1. The number of unbranched alkanes of at least 4 members (excludes halogenated alkanes) is 1. The summed E-state index contributed by atoms with van der Waals surface area (Å²) in [5.74, 6) is 1.91. The first-order valence-corrected chi connectivity index (χ1v) is 12.2. The number of aryl methyl sites for hydroxylation is 1. The SMILES string of the molecule is CCCCc1cccc(Cc2nc(Cc3ccn4ccnc4c3)cc(N3CCCCC3)n2)n1. The van der Waals surface area contributed by atoms with Crippen LogP contribution in [0.3, 0.4) is 0 Å². The topological polar surface area (TPSA) is 59.2 Å². The highest BCUT2D eigenvalue weighted by Crippen LogP contribution is 2.21. The fourth-order valence-electron chi connectivity index (χ4n) is 4.55. The molecule has 0 amide bonds. The monoisotopic (exact) mass is 440 g/mol. The normalized spacial score (nSPS) is 14.2. The highest BCUT2D eigenvalue weighted by atomic mass is 15.2. The molecule has 0 aromatic carbocycles. The highest BCUT2D eigenvalue weighted by Gasteiger charge is 2.16. The Hall–Kier alpha value is -3.28. The Bertz CT molecular complexity index is 1210. The molecule has 0 atom stereocenters. The van der Waals surface area contributed by atoms with Gasteiger partial charge in [-0.05, 0) is 61.9 Å². The van der Waals surface area contributed by atoms with E-state index in [0.29, 0.717) is 6.42 Å². The smallest absolute Gasteiger partial charge is 0.136 e. The van der Waals surface area contributed by atoms with Gasteiger partial charge in [0.05, 0.1) is 12.1 Å². The van der Waals surface area contributed by atoms with Gasteiger partial charge in [0.25, 0.3) is 0 Å². The van der Waals surface area contributed by atoms with E-state index in [4.69, 9.17) is 15.0 Å². The van der Waals surface area contributed by atoms with Gasteiger partial charge in [0, 0.05) is 55.6 Å². The summed E-state index contributed by atoms with van der Waals surface area (Å²) < 4.78 is 2.03. The summed E-state index contributed by atoms with van der Waals surface area (Å²) in [7, 11) is 0. The number of fused-ring (bicyclic) bond motifs is 1. The van der Waals surface area contributed by atoms with Gasteiger partial charge in [-0.3, -0.25) is 4.98 Å². The van der Waals surface area contributed by atoms with E-state index in [0.717, 1.165) is 60.3 Å². The van der Waals surface area contributed by atoms with Crippen molar-refractivity contribution in [3.05, 3.63) is 83.5 Å². The molecular formula is C27H32N6. The van der Waals surface area contributed by atoms with E-state index in [1.54, 1.807) is 0 Å². The first-order chi connectivity index (χ1) is 16.3. The maximum Gasteiger partial charge on any atom is 0.136 e. The number of rotatable bonds is 8. The van der Waals surface area contributed by atoms with E-state index < -0.39 is 0 Å². The van der Waals surface area contributed by atoms with E-state index in [1.165, 1.54) is 37.7 Å². The summed E-state index contributed by atoms with van der Waals surface area (Å²) in [5, 5.41) is 0. The molecule has 33 heavy (non-hydrogen) atoms. The second-order valence-corrected chi connectivity index (χ2v) is 8.99. The van der Waals surface area contributed by atoms with Crippen molar-refractivity contribution in [3.63, 3.8) is 0 Å². The molecule has 6 heteroatoms. The Kier molecular flexibility index (Phi) is 6.61. The third-order valence-corrected chi connectivity index (χ3v) is 6.33. The van der Waals surface area contributed by atoms with Crippen molar-refractivity contribution in [3.8, 4) is 0 Å². The first kappa shape index (κ1) is 21.6. The standard InChI is InChI=1S/C27H32N6/c1-2-3-8-22-9-7-10-23(29-22)19-25-30-24(20-27(31-25)32-13-5-4-6-14-32)17-21-11-15-33-16-12-28-26(33)18-21/h7,9-12,15-16,18,20H,2-6,8,13-14,17,19H2,1H3. The van der Waals surface area contributed by atoms with Crippen LogP contribution in [0.15, 0.2) is 55.0 Å². The van der Waals surface area contributed by atoms with Crippen LogP contribution in [-0.2, 0) is 19.3 Å². The summed E-state index contributed by atoms with van der Waals surface area (Å²) in [5.41, 5.74) is 5.44. The second kappa shape index (κ2) is 10.1. The summed E-state index contributed by atoms with van der Waals surface area (Å²) in [6, 6.07) is 12.8. The Morgan fingerprint density at radius 2 is 1.73 bits per heavy atom. The average Bonchev–Trinajstić information content (AvgIpc) is 3.31. The Labute approximate surface area is 195 Å². The molecule has 170 valence electrons. The van der Waals surface area contributed by atoms with Gasteiger partial charge in [0.1, 0.15) is 17.3 Å². The van der Waals surface area contributed by atoms with Crippen LogP contribution in [-0.4, -0.2) is 37.4 Å². The molecule has 0 radical (unpaired) electrons. The fourth-order valence-corrected chi connectivity index (χ4v) is 4.55. The molecule has 0 N–H and O–H groups in total. The molecule has 0 spiro atoms. The molecule has 5 rings (SSSR count). The minimum atomic E-state index is 0.661. The molecule has 0 saturated carbocycles. The Morgan fingerprint density at radius 1 is 0.848 bits per heavy atom. The number of piperidine rings is 1. The molecular weight excluding hydrogens is 408 g/mol. The number of hydrogen-bond acceptors (Lipinski definition) is 5. The molecule has 1 aliphatic rings. The molecule has 1 aliphatic heterocycles. The molecule has 4 aromatic heterocycles. The average molecular weight is 441 g/mol. The minimum Gasteiger partial charge on any atom is -0.357 e. The molecule has 0 aliphatic carbocycles. The maximum absolute atomic E-state index is 4.99. The number of anilines is 1. The van der Waals surface area contributed by atoms with Gasteiger partial charge in [-0.1, -0.05) is 19.4 Å². The molecule has 1 saturated heterocycles. The van der Waals surface area contributed by atoms with Crippen molar-refractivity contribution in [1.29, 1.82) is 0 Å². The van der Waals surface area contributed by atoms with Crippen molar-refractivity contribution in [1.82, 2.24) is 24.3 Å². The summed E-state index contributed by atoms with van der Waals surface area (Å²) in [4.78, 5) is 21.7. The number of imidazole rings is 1. The van der Waals surface area contributed by atoms with E-state index in [-0.39, 0.29) is 0 Å². The quantitative estimate of drug-likeness (QED) is 0.384. The second-order valence-electron chi connectivity index (χ2n) is 8.99. The van der Waals surface area contributed by atoms with Crippen LogP contribution in [0, 0.1) is 0 Å². The van der Waals surface area contributed by atoms with Crippen LogP contribution in [0.1, 0.15) is 67.5 Å². The van der Waals surface area contributed by atoms with Crippen LogP contribution in [0.2, 0.25) is 0 Å². The van der Waals surface area contributed by atoms with E-state index in [1.807, 2.05) is 16.8 Å². The maximum atomic E-state index is 4.99. The number of hydrogen-bond donors (Lipinski definition) is 0. The Balaban J connectivity index is 1.43. The van der Waals surface area contributed by atoms with Crippen LogP contribution < -0.4 is 4.90 Å². The molecule has 1 fully saturated rings. The van der Waals surface area contributed by atoms with E-state index in [2.05, 4.69) is 59.4 Å². The van der Waals surface area contributed by atoms with Crippen molar-refractivity contribution < 1.29 is 0 Å². The van der Waals surface area contributed by atoms with Crippen molar-refractivity contribution >= 4 is 11.5 Å². The largest absolute Gasteiger partial charge is 0.357 e. The van der Waals surface area contributed by atoms with E-state index >= 15 is 0 Å². The highest BCUT2D eigenvalue weighted by molar-refractivity contribution is 5.45. The number of aromatic nitrogens is 5. The van der Waals surface area contributed by atoms with Crippen LogP contribution >= 0.6 is 0 Å². The van der Waals surface area contributed by atoms with Gasteiger partial charge in [0.2, 0.25) is 0 Å². The first-order valence-electron chi connectivity index (χ1n) is 12.2. The number of pyridine rings is 2. The predicted octanol–water partition coefficient (Wildman–Crippen LogP) is 5.03. The lowest BCUT2D eigenvalue weighted by molar-refractivity contribution is 0.571. The van der Waals surface area contributed by atoms with Crippen molar-refractivity contribution in [2.24, 2.45) is 0 Å². The number of nitrogens with zero attached hydrogens (tertiary/aromatic N) is 6. The minimum absolute atomic E-state index is 0.661. The van der Waals surface area contributed by atoms with Gasteiger partial charge in [-0.15, -0.1) is 0 Å². The van der Waals surface area contributed by atoms with E-state index in [9.17, 15) is 0 Å². The molecule has 6 nitrogen and oxygen atoms in total. The molecule has 4 aromatic rings. The third kappa shape index (κ3) is 5.38. The van der Waals surface area contributed by atoms with Crippen molar-refractivity contribution in [2.45, 2.75) is 58.3 Å². The van der Waals surface area contributed by atoms with Crippen molar-refractivity contribution in [2.75, 3.05) is 18.0 Å². The van der Waals surface area contributed by atoms with Gasteiger partial charge < -0.3 is 9.30 Å². The zero-order valence-electron chi connectivity index (χ0n) is 19.5. The lowest BCUT2D eigenvalue weighted by Gasteiger charge is -2.28. The lowest BCUT2D eigenvalue weighted by Crippen LogP contribution is -2.30. The predicted molar refractivity (Wildman–Crippen MR) is 132 cm³/mol. The van der Waals surface area contributed by atoms with Gasteiger partial charge in [0.15, 0.2) is 0 Å². The molecule has 0 unspecified atom stereocenters. The fraction of sp³-hybridized carbons (Fsp3) is 0.407. The zero-order chi connectivity index (χ0) is 22.5. The third-order valence-electron chi connectivity index (χ3n) is 6.33. The molecule has 0 bridgehead atoms. The summed E-state index contributed by atoms with van der Waals surface area (Å²) in [6.07, 6.45) is 14.4. The van der Waals surface area contributed by atoms with Crippen LogP contribution in [0.5, 0.6) is 0 Å². The van der Waals surface area contributed by atoms with Crippen LogP contribution in [0.4, 0.5) is 5.82 Å². The Morgan fingerprint density at radius 3 is 2.61 bits per heavy atom. The summed E-state index contributed by atoms with van der Waals surface area (Å²) in [6.45, 7) is 4.36. The van der Waals surface area contributed by atoms with Crippen LogP contribution in [0.25, 0.3) is 5.65 Å². The molecule has 5 heterocycles. The van der Waals surface area contributed by atoms with Gasteiger partial charge in [-0.25, -0.2) is 15.0 Å². The van der Waals surface area contributed by atoms with Gasteiger partial charge >= 0.3 is 0 Å². The van der Waals surface area contributed by atoms with Gasteiger partial charge in [-0.2, -0.15) is 0 Å². The summed E-state index contributed by atoms with van der Waals surface area (Å²) >= 11 is 0.